The number of nitrogens with zero attached hydrogens (tertiary/aromatic N) is 1. The molecule has 0 aliphatic rings. The van der Waals surface area contributed by atoms with Crippen LogP contribution in [0.25, 0.3) is 0 Å². The number of halogens is 4. The van der Waals surface area contributed by atoms with Crippen LogP contribution in [0.1, 0.15) is 23.6 Å². The summed E-state index contributed by atoms with van der Waals surface area (Å²) in [6, 6.07) is 4.58. The highest BCUT2D eigenvalue weighted by Crippen LogP contribution is 2.40. The first-order valence-electron chi connectivity index (χ1n) is 5.84. The van der Waals surface area contributed by atoms with Crippen LogP contribution in [0, 0.1) is 11.3 Å². The lowest BCUT2D eigenvalue weighted by Gasteiger charge is -2.14. The lowest BCUT2D eigenvalue weighted by Crippen LogP contribution is -2.12. The summed E-state index contributed by atoms with van der Waals surface area (Å²) in [6.45, 7) is 1.73. The molecule has 0 bridgehead atoms. The van der Waals surface area contributed by atoms with E-state index in [9.17, 15) is 23.2 Å². The van der Waals surface area contributed by atoms with Crippen molar-refractivity contribution in [2.75, 3.05) is 6.61 Å². The van der Waals surface area contributed by atoms with E-state index in [1.54, 1.807) is 6.92 Å². The second-order valence-electron chi connectivity index (χ2n) is 3.85. The van der Waals surface area contributed by atoms with Crippen LogP contribution in [0.5, 0.6) is 0 Å². The molecule has 1 aromatic carbocycles. The summed E-state index contributed by atoms with van der Waals surface area (Å²) in [4.78, 5) is 11.4. The fraction of sp³-hybridized carbons (Fsp3) is 0.385. The second kappa shape index (κ2) is 7.71. The summed E-state index contributed by atoms with van der Waals surface area (Å²) in [6.07, 6.45) is -0.365. The van der Waals surface area contributed by atoms with Gasteiger partial charge in [-0.05, 0) is 35.9 Å². The minimum Gasteiger partial charge on any atom is -0.466 e. The molecule has 114 valence electrons. The molecule has 0 spiro atoms. The monoisotopic (exact) mass is 381 g/mol. The largest absolute Gasteiger partial charge is 0.466 e. The maximum Gasteiger partial charge on any atom is 0.446 e. The minimum atomic E-state index is -4.49. The summed E-state index contributed by atoms with van der Waals surface area (Å²) in [5.41, 5.74) is -3.83. The first kappa shape index (κ1) is 17.9. The van der Waals surface area contributed by atoms with Crippen LogP contribution in [0.3, 0.4) is 0 Å². The Morgan fingerprint density at radius 2 is 2.14 bits per heavy atom. The molecular formula is C13H11BrF3NO2S. The van der Waals surface area contributed by atoms with Crippen molar-refractivity contribution in [3.63, 3.8) is 0 Å². The van der Waals surface area contributed by atoms with Crippen LogP contribution in [0.2, 0.25) is 0 Å². The van der Waals surface area contributed by atoms with Crippen LogP contribution in [-0.4, -0.2) is 18.1 Å². The second-order valence-corrected chi connectivity index (χ2v) is 5.52. The fourth-order valence-electron chi connectivity index (χ4n) is 1.68. The van der Waals surface area contributed by atoms with Crippen LogP contribution in [0.4, 0.5) is 13.2 Å². The first-order valence-corrected chi connectivity index (χ1v) is 7.78. The van der Waals surface area contributed by atoms with Crippen molar-refractivity contribution < 1.29 is 22.7 Å². The van der Waals surface area contributed by atoms with Crippen molar-refractivity contribution in [2.45, 2.75) is 29.1 Å². The SMILES string of the molecule is CCOC(=O)Cc1c(SC(F)(F)F)ccc(CBr)c1C#N. The van der Waals surface area contributed by atoms with E-state index in [0.29, 0.717) is 10.9 Å². The van der Waals surface area contributed by atoms with Crippen molar-refractivity contribution in [3.8, 4) is 6.07 Å². The maximum absolute atomic E-state index is 12.6. The molecule has 0 aliphatic carbocycles. The Hall–Kier alpha value is -1.20. The van der Waals surface area contributed by atoms with Crippen LogP contribution in [0.15, 0.2) is 17.0 Å². The van der Waals surface area contributed by atoms with Crippen molar-refractivity contribution in [1.82, 2.24) is 0 Å². The molecule has 21 heavy (non-hydrogen) atoms. The zero-order chi connectivity index (χ0) is 16.0. The molecule has 8 heteroatoms. The van der Waals surface area contributed by atoms with Gasteiger partial charge in [-0.3, -0.25) is 4.79 Å². The Morgan fingerprint density at radius 1 is 1.48 bits per heavy atom. The Labute approximate surface area is 132 Å². The Bertz CT molecular complexity index is 570. The number of hydrogen-bond acceptors (Lipinski definition) is 4. The number of ether oxygens (including phenoxy) is 1. The Balaban J connectivity index is 3.30. The molecule has 1 rings (SSSR count). The molecule has 0 fully saturated rings. The van der Waals surface area contributed by atoms with Gasteiger partial charge in [-0.25, -0.2) is 0 Å². The summed E-state index contributed by atoms with van der Waals surface area (Å²) in [7, 11) is 0. The average Bonchev–Trinajstić information content (AvgIpc) is 2.39. The van der Waals surface area contributed by atoms with Gasteiger partial charge in [0.25, 0.3) is 0 Å². The van der Waals surface area contributed by atoms with Crippen LogP contribution < -0.4 is 0 Å². The van der Waals surface area contributed by atoms with Gasteiger partial charge in [0.05, 0.1) is 24.7 Å². The van der Waals surface area contributed by atoms with E-state index < -0.39 is 11.5 Å². The van der Waals surface area contributed by atoms with Gasteiger partial charge < -0.3 is 4.74 Å². The number of hydrogen-bond donors (Lipinski definition) is 0. The summed E-state index contributed by atoms with van der Waals surface area (Å²) in [5, 5.41) is 9.49. The topological polar surface area (TPSA) is 50.1 Å². The average molecular weight is 382 g/mol. The summed E-state index contributed by atoms with van der Waals surface area (Å²) < 4.78 is 42.5. The molecule has 0 unspecified atom stereocenters. The molecule has 0 N–H and O–H groups in total. The highest BCUT2D eigenvalue weighted by Gasteiger charge is 2.31. The van der Waals surface area contributed by atoms with Gasteiger partial charge in [0.2, 0.25) is 0 Å². The number of rotatable bonds is 5. The predicted octanol–water partition coefficient (Wildman–Crippen LogP) is 4.17. The third-order valence-corrected chi connectivity index (χ3v) is 3.90. The lowest BCUT2D eigenvalue weighted by molar-refractivity contribution is -0.142. The molecule has 0 amide bonds. The highest BCUT2D eigenvalue weighted by molar-refractivity contribution is 9.08. The number of nitriles is 1. The van der Waals surface area contributed by atoms with E-state index in [4.69, 9.17) is 4.74 Å². The van der Waals surface area contributed by atoms with Gasteiger partial charge in [0, 0.05) is 10.2 Å². The Morgan fingerprint density at radius 3 is 2.62 bits per heavy atom. The van der Waals surface area contributed by atoms with Gasteiger partial charge in [-0.1, -0.05) is 22.0 Å². The molecule has 3 nitrogen and oxygen atoms in total. The van der Waals surface area contributed by atoms with Crippen molar-refractivity contribution in [1.29, 1.82) is 5.26 Å². The normalized spacial score (nSPS) is 11.0. The van der Waals surface area contributed by atoms with Crippen molar-refractivity contribution in [3.05, 3.63) is 28.8 Å². The quantitative estimate of drug-likeness (QED) is 0.436. The van der Waals surface area contributed by atoms with Gasteiger partial charge >= 0.3 is 11.5 Å². The van der Waals surface area contributed by atoms with Gasteiger partial charge in [0.15, 0.2) is 0 Å². The Kier molecular flexibility index (Phi) is 6.55. The molecular weight excluding hydrogens is 371 g/mol. The lowest BCUT2D eigenvalue weighted by atomic mass is 10.0. The molecule has 0 saturated carbocycles. The molecule has 0 atom stereocenters. The molecule has 1 aromatic rings. The summed E-state index contributed by atoms with van der Waals surface area (Å²) in [5.74, 6) is -0.662. The van der Waals surface area contributed by atoms with Crippen LogP contribution >= 0.6 is 27.7 Å². The van der Waals surface area contributed by atoms with Crippen molar-refractivity contribution >= 4 is 33.7 Å². The van der Waals surface area contributed by atoms with E-state index >= 15 is 0 Å². The fourth-order valence-corrected chi connectivity index (χ4v) is 2.83. The number of esters is 1. The van der Waals surface area contributed by atoms with E-state index in [2.05, 4.69) is 15.9 Å². The molecule has 0 heterocycles. The number of benzene rings is 1. The van der Waals surface area contributed by atoms with Gasteiger partial charge in [0.1, 0.15) is 0 Å². The summed E-state index contributed by atoms with van der Waals surface area (Å²) >= 11 is 2.83. The first-order chi connectivity index (χ1) is 9.82. The van der Waals surface area contributed by atoms with Crippen LogP contribution in [-0.2, 0) is 21.3 Å². The van der Waals surface area contributed by atoms with Crippen molar-refractivity contribution in [2.24, 2.45) is 0 Å². The highest BCUT2D eigenvalue weighted by atomic mass is 79.9. The van der Waals surface area contributed by atoms with E-state index in [1.807, 2.05) is 6.07 Å². The molecule has 0 aliphatic heterocycles. The molecule has 0 saturated heterocycles. The van der Waals surface area contributed by atoms with E-state index in [0.717, 1.165) is 0 Å². The smallest absolute Gasteiger partial charge is 0.446 e. The molecule has 0 aromatic heterocycles. The maximum atomic E-state index is 12.6. The van der Waals surface area contributed by atoms with E-state index in [1.165, 1.54) is 12.1 Å². The predicted molar refractivity (Wildman–Crippen MR) is 76.0 cm³/mol. The number of alkyl halides is 4. The number of carbonyl (C=O) groups is 1. The number of thioether (sulfide) groups is 1. The zero-order valence-corrected chi connectivity index (χ0v) is 13.4. The number of carbonyl (C=O) groups excluding carboxylic acids is 1. The third-order valence-electron chi connectivity index (χ3n) is 2.46. The van der Waals surface area contributed by atoms with E-state index in [-0.39, 0.29) is 40.8 Å². The standard InChI is InChI=1S/C13H11BrF3NO2S/c1-2-20-12(19)5-9-10(7-18)8(6-14)3-4-11(9)21-13(15,16)17/h3-4H,2,5-6H2,1H3. The minimum absolute atomic E-state index is 0.0511. The zero-order valence-electron chi connectivity index (χ0n) is 11.0. The van der Waals surface area contributed by atoms with Gasteiger partial charge in [-0.15, -0.1) is 0 Å². The van der Waals surface area contributed by atoms with Gasteiger partial charge in [-0.2, -0.15) is 18.4 Å². The third kappa shape index (κ3) is 5.25. The molecule has 0 radical (unpaired) electrons.